The lowest BCUT2D eigenvalue weighted by Gasteiger charge is -1.96. The van der Waals surface area contributed by atoms with E-state index in [1.165, 1.54) is 16.0 Å². The van der Waals surface area contributed by atoms with E-state index in [1.54, 1.807) is 11.3 Å². The van der Waals surface area contributed by atoms with E-state index in [2.05, 4.69) is 53.6 Å². The number of thiocarbonyl (C=S) groups is 1. The average Bonchev–Trinajstić information content (AvgIpc) is 2.68. The highest BCUT2D eigenvalue weighted by atomic mass is 32.1. The van der Waals surface area contributed by atoms with E-state index in [-0.39, 0.29) is 0 Å². The molecule has 0 saturated heterocycles. The molecule has 15 heavy (non-hydrogen) atoms. The largest absolute Gasteiger partial charge is 0.194 e. The first-order valence-corrected chi connectivity index (χ1v) is 5.82. The molecule has 0 atom stereocenters. The van der Waals surface area contributed by atoms with Gasteiger partial charge in [0.1, 0.15) is 0 Å². The number of nitrogens with zero attached hydrogens (tertiary/aromatic N) is 1. The lowest BCUT2D eigenvalue weighted by molar-refractivity contribution is 1.48. The van der Waals surface area contributed by atoms with Crippen LogP contribution in [-0.2, 0) is 0 Å². The number of hydrogen-bond acceptors (Lipinski definition) is 3. The molecule has 1 nitrogen and oxygen atoms in total. The molecular weight excluding hydrogens is 222 g/mol. The highest BCUT2D eigenvalue weighted by Gasteiger charge is 2.00. The van der Waals surface area contributed by atoms with Crippen LogP contribution in [0.15, 0.2) is 40.7 Å². The molecule has 0 N–H and O–H groups in total. The van der Waals surface area contributed by atoms with E-state index in [0.717, 1.165) is 5.69 Å². The third kappa shape index (κ3) is 2.39. The van der Waals surface area contributed by atoms with E-state index >= 15 is 0 Å². The Morgan fingerprint density at radius 1 is 1.27 bits per heavy atom. The van der Waals surface area contributed by atoms with Crippen LogP contribution in [0.5, 0.6) is 0 Å². The molecule has 0 spiro atoms. The highest BCUT2D eigenvalue weighted by Crippen LogP contribution is 2.31. The maximum absolute atomic E-state index is 4.57. The molecule has 74 valence electrons. The average molecular weight is 231 g/mol. The van der Waals surface area contributed by atoms with Gasteiger partial charge in [-0.2, -0.15) is 4.99 Å². The Bertz CT molecular complexity index is 505. The van der Waals surface area contributed by atoms with Crippen LogP contribution in [0, 0.1) is 6.92 Å². The minimum absolute atomic E-state index is 0.880. The van der Waals surface area contributed by atoms with Crippen molar-refractivity contribution in [3.63, 3.8) is 0 Å². The van der Waals surface area contributed by atoms with Crippen molar-refractivity contribution in [2.75, 3.05) is 0 Å². The van der Waals surface area contributed by atoms with Crippen LogP contribution in [0.25, 0.3) is 10.4 Å². The first kappa shape index (κ1) is 10.2. The summed E-state index contributed by atoms with van der Waals surface area (Å²) in [6.45, 7) is 2.08. The summed E-state index contributed by atoms with van der Waals surface area (Å²) < 4.78 is 0. The molecular formula is C12H9NS2. The van der Waals surface area contributed by atoms with Crippen molar-refractivity contribution < 1.29 is 0 Å². The van der Waals surface area contributed by atoms with Gasteiger partial charge in [0, 0.05) is 10.3 Å². The van der Waals surface area contributed by atoms with E-state index in [4.69, 9.17) is 0 Å². The first-order valence-electron chi connectivity index (χ1n) is 4.53. The Labute approximate surface area is 98.1 Å². The van der Waals surface area contributed by atoms with Gasteiger partial charge in [-0.25, -0.2) is 0 Å². The zero-order valence-electron chi connectivity index (χ0n) is 8.23. The number of thiophene rings is 1. The molecule has 3 heteroatoms. The first-order chi connectivity index (χ1) is 7.29. The van der Waals surface area contributed by atoms with Crippen LogP contribution in [-0.4, -0.2) is 5.16 Å². The number of benzene rings is 1. The summed E-state index contributed by atoms with van der Waals surface area (Å²) in [6.07, 6.45) is 0. The van der Waals surface area contributed by atoms with Crippen molar-refractivity contribution in [3.8, 4) is 10.4 Å². The predicted molar refractivity (Wildman–Crippen MR) is 69.2 cm³/mol. The smallest absolute Gasteiger partial charge is 0.0852 e. The Morgan fingerprint density at radius 3 is 2.67 bits per heavy atom. The molecule has 0 bridgehead atoms. The molecule has 0 aliphatic carbocycles. The molecule has 1 aromatic carbocycles. The van der Waals surface area contributed by atoms with E-state index in [1.807, 2.05) is 11.4 Å². The van der Waals surface area contributed by atoms with Crippen molar-refractivity contribution >= 4 is 34.4 Å². The fourth-order valence-electron chi connectivity index (χ4n) is 1.31. The van der Waals surface area contributed by atoms with Gasteiger partial charge in [0.15, 0.2) is 0 Å². The molecule has 0 radical (unpaired) electrons. The second kappa shape index (κ2) is 4.49. The Kier molecular flexibility index (Phi) is 3.07. The second-order valence-corrected chi connectivity index (χ2v) is 4.33. The summed E-state index contributed by atoms with van der Waals surface area (Å²) in [5, 5.41) is 4.35. The molecule has 2 aromatic rings. The van der Waals surface area contributed by atoms with Crippen molar-refractivity contribution in [1.82, 2.24) is 0 Å². The van der Waals surface area contributed by atoms with Crippen LogP contribution >= 0.6 is 23.6 Å². The van der Waals surface area contributed by atoms with Gasteiger partial charge in [-0.3, -0.25) is 0 Å². The third-order valence-corrected chi connectivity index (χ3v) is 3.15. The maximum Gasteiger partial charge on any atom is 0.0852 e. The van der Waals surface area contributed by atoms with Gasteiger partial charge in [0.05, 0.1) is 10.8 Å². The van der Waals surface area contributed by atoms with Crippen molar-refractivity contribution in [2.45, 2.75) is 6.92 Å². The fraction of sp³-hybridized carbons (Fsp3) is 0.0833. The lowest BCUT2D eigenvalue weighted by Crippen LogP contribution is -1.72. The number of aryl methyl sites for hydroxylation is 1. The Balaban J connectivity index is 2.37. The van der Waals surface area contributed by atoms with E-state index in [0.29, 0.717) is 0 Å². The van der Waals surface area contributed by atoms with Crippen molar-refractivity contribution in [2.24, 2.45) is 4.99 Å². The van der Waals surface area contributed by atoms with Gasteiger partial charge >= 0.3 is 0 Å². The molecule has 0 fully saturated rings. The molecule has 0 saturated carbocycles. The summed E-state index contributed by atoms with van der Waals surface area (Å²) in [5.41, 5.74) is 3.37. The van der Waals surface area contributed by atoms with Gasteiger partial charge in [-0.05, 0) is 30.8 Å². The molecule has 1 heterocycles. The quantitative estimate of drug-likeness (QED) is 0.549. The van der Waals surface area contributed by atoms with Crippen LogP contribution in [0.3, 0.4) is 0 Å². The van der Waals surface area contributed by atoms with Crippen LogP contribution in [0.1, 0.15) is 5.56 Å². The Hall–Kier alpha value is -1.28. The third-order valence-electron chi connectivity index (χ3n) is 2.10. The normalized spacial score (nSPS) is 9.67. The minimum Gasteiger partial charge on any atom is -0.194 e. The summed E-state index contributed by atoms with van der Waals surface area (Å²) in [6, 6.07) is 10.5. The fourth-order valence-corrected chi connectivity index (χ4v) is 2.24. The lowest BCUT2D eigenvalue weighted by atomic mass is 10.1. The number of rotatable bonds is 2. The minimum atomic E-state index is 0.880. The molecule has 0 aliphatic heterocycles. The number of isothiocyanates is 1. The Morgan fingerprint density at radius 2 is 2.00 bits per heavy atom. The second-order valence-electron chi connectivity index (χ2n) is 3.24. The van der Waals surface area contributed by atoms with Crippen LogP contribution in [0.4, 0.5) is 5.69 Å². The molecule has 1 aromatic heterocycles. The maximum atomic E-state index is 4.57. The highest BCUT2D eigenvalue weighted by molar-refractivity contribution is 7.78. The molecule has 2 rings (SSSR count). The van der Waals surface area contributed by atoms with Gasteiger partial charge in [-0.1, -0.05) is 29.8 Å². The van der Waals surface area contributed by atoms with E-state index < -0.39 is 0 Å². The summed E-state index contributed by atoms with van der Waals surface area (Å²) >= 11 is 6.23. The van der Waals surface area contributed by atoms with Crippen molar-refractivity contribution in [3.05, 3.63) is 41.3 Å². The van der Waals surface area contributed by atoms with Gasteiger partial charge in [0.2, 0.25) is 0 Å². The predicted octanol–water partition coefficient (Wildman–Crippen LogP) is 4.46. The molecule has 0 amide bonds. The topological polar surface area (TPSA) is 12.4 Å². The van der Waals surface area contributed by atoms with Gasteiger partial charge in [0.25, 0.3) is 0 Å². The van der Waals surface area contributed by atoms with Crippen molar-refractivity contribution in [1.29, 1.82) is 0 Å². The van der Waals surface area contributed by atoms with Crippen LogP contribution in [0.2, 0.25) is 0 Å². The monoisotopic (exact) mass is 231 g/mol. The van der Waals surface area contributed by atoms with Crippen LogP contribution < -0.4 is 0 Å². The number of hydrogen-bond donors (Lipinski definition) is 0. The molecule has 0 unspecified atom stereocenters. The van der Waals surface area contributed by atoms with E-state index in [9.17, 15) is 0 Å². The summed E-state index contributed by atoms with van der Waals surface area (Å²) in [7, 11) is 0. The molecule has 0 aliphatic rings. The summed E-state index contributed by atoms with van der Waals surface area (Å²) in [5.74, 6) is 0. The summed E-state index contributed by atoms with van der Waals surface area (Å²) in [4.78, 5) is 5.15. The van der Waals surface area contributed by atoms with Gasteiger partial charge in [-0.15, -0.1) is 11.3 Å². The zero-order chi connectivity index (χ0) is 10.7. The SMILES string of the molecule is Cc1ccc(-c2cc(N=C=S)cs2)cc1. The zero-order valence-corrected chi connectivity index (χ0v) is 9.86. The number of aliphatic imine (C=N–C) groups is 1. The van der Waals surface area contributed by atoms with Gasteiger partial charge < -0.3 is 0 Å². The standard InChI is InChI=1S/C12H9NS2/c1-9-2-4-10(5-3-9)12-6-11(7-15-12)13-8-14/h2-7H,1H3.